The molecule has 2 N–H and O–H groups in total. The molecule has 90 valence electrons. The number of rotatable bonds is 5. The molecule has 0 radical (unpaired) electrons. The monoisotopic (exact) mass is 228 g/mol. The van der Waals surface area contributed by atoms with Crippen LogP contribution in [0.5, 0.6) is 5.75 Å². The van der Waals surface area contributed by atoms with E-state index in [1.165, 1.54) is 7.11 Å². The highest BCUT2D eigenvalue weighted by Gasteiger charge is 2.20. The van der Waals surface area contributed by atoms with Gasteiger partial charge in [-0.25, -0.2) is 4.39 Å². The number of aryl methyl sites for hydroxylation is 1. The highest BCUT2D eigenvalue weighted by molar-refractivity contribution is 5.43. The molecule has 4 nitrogen and oxygen atoms in total. The Labute approximate surface area is 94.6 Å². The lowest BCUT2D eigenvalue weighted by Crippen LogP contribution is -2.13. The lowest BCUT2D eigenvalue weighted by molar-refractivity contribution is 0.181. The van der Waals surface area contributed by atoms with Crippen LogP contribution in [0.1, 0.15) is 23.0 Å². The van der Waals surface area contributed by atoms with Crippen molar-refractivity contribution in [2.45, 2.75) is 19.7 Å². The number of nitrogens with zero attached hydrogens (tertiary/aromatic N) is 1. The van der Waals surface area contributed by atoms with E-state index in [1.807, 2.05) is 0 Å². The first kappa shape index (κ1) is 12.9. The van der Waals surface area contributed by atoms with Crippen LogP contribution in [0.3, 0.4) is 0 Å². The zero-order valence-corrected chi connectivity index (χ0v) is 9.79. The Bertz CT molecular complexity index is 358. The van der Waals surface area contributed by atoms with Gasteiger partial charge in [-0.3, -0.25) is 4.98 Å². The number of alkyl halides is 1. The van der Waals surface area contributed by atoms with Crippen molar-refractivity contribution in [3.8, 4) is 5.75 Å². The number of hydrogen-bond acceptors (Lipinski definition) is 4. The van der Waals surface area contributed by atoms with Gasteiger partial charge in [-0.15, -0.1) is 0 Å². The fourth-order valence-electron chi connectivity index (χ4n) is 1.63. The Kier molecular flexibility index (Phi) is 4.64. The van der Waals surface area contributed by atoms with E-state index >= 15 is 0 Å². The standard InChI is InChI=1S/C11H17FN2O2/c1-7-11(16-3)10(9(12)4-13)8(5-14-7)6-15-2/h5,9H,4,6,13H2,1-3H3. The molecule has 0 aromatic carbocycles. The van der Waals surface area contributed by atoms with Gasteiger partial charge in [0.15, 0.2) is 0 Å². The fourth-order valence-corrected chi connectivity index (χ4v) is 1.63. The molecular weight excluding hydrogens is 211 g/mol. The summed E-state index contributed by atoms with van der Waals surface area (Å²) in [4.78, 5) is 4.13. The molecule has 1 atom stereocenters. The number of aromatic nitrogens is 1. The third-order valence-electron chi connectivity index (χ3n) is 2.36. The minimum absolute atomic E-state index is 0.0868. The van der Waals surface area contributed by atoms with Gasteiger partial charge in [-0.2, -0.15) is 0 Å². The molecule has 0 spiro atoms. The van der Waals surface area contributed by atoms with Crippen LogP contribution in [-0.2, 0) is 11.3 Å². The Morgan fingerprint density at radius 1 is 1.50 bits per heavy atom. The number of hydrogen-bond donors (Lipinski definition) is 1. The zero-order valence-electron chi connectivity index (χ0n) is 9.79. The molecule has 0 amide bonds. The molecule has 0 fully saturated rings. The predicted molar refractivity (Wildman–Crippen MR) is 59.1 cm³/mol. The largest absolute Gasteiger partial charge is 0.494 e. The Balaban J connectivity index is 3.28. The third kappa shape index (κ3) is 2.48. The van der Waals surface area contributed by atoms with Gasteiger partial charge >= 0.3 is 0 Å². The summed E-state index contributed by atoms with van der Waals surface area (Å²) in [5.41, 5.74) is 7.11. The molecule has 5 heteroatoms. The Morgan fingerprint density at radius 3 is 2.69 bits per heavy atom. The summed E-state index contributed by atoms with van der Waals surface area (Å²) < 4.78 is 24.0. The van der Waals surface area contributed by atoms with Crippen LogP contribution in [0.25, 0.3) is 0 Å². The van der Waals surface area contributed by atoms with Crippen molar-refractivity contribution in [2.24, 2.45) is 5.73 Å². The predicted octanol–water partition coefficient (Wildman–Crippen LogP) is 1.51. The SMILES string of the molecule is COCc1cnc(C)c(OC)c1C(F)CN. The van der Waals surface area contributed by atoms with Crippen molar-refractivity contribution in [1.82, 2.24) is 4.98 Å². The summed E-state index contributed by atoms with van der Waals surface area (Å²) >= 11 is 0. The molecule has 0 aliphatic carbocycles. The molecule has 0 aliphatic rings. The van der Waals surface area contributed by atoms with Gasteiger partial charge in [0.25, 0.3) is 0 Å². The summed E-state index contributed by atoms with van der Waals surface area (Å²) in [6, 6.07) is 0. The molecule has 1 heterocycles. The van der Waals surface area contributed by atoms with Crippen LogP contribution in [0, 0.1) is 6.92 Å². The smallest absolute Gasteiger partial charge is 0.146 e. The van der Waals surface area contributed by atoms with Gasteiger partial charge in [0.1, 0.15) is 11.9 Å². The van der Waals surface area contributed by atoms with Crippen molar-refractivity contribution in [3.05, 3.63) is 23.0 Å². The molecule has 0 saturated carbocycles. The summed E-state index contributed by atoms with van der Waals surface area (Å²) in [6.07, 6.45) is 0.334. The van der Waals surface area contributed by atoms with Gasteiger partial charge < -0.3 is 15.2 Å². The summed E-state index contributed by atoms with van der Waals surface area (Å²) in [6.45, 7) is 1.97. The van der Waals surface area contributed by atoms with Crippen LogP contribution in [0.15, 0.2) is 6.20 Å². The number of halogens is 1. The second kappa shape index (κ2) is 5.77. The van der Waals surface area contributed by atoms with E-state index in [0.29, 0.717) is 29.2 Å². The van der Waals surface area contributed by atoms with E-state index < -0.39 is 6.17 Å². The minimum Gasteiger partial charge on any atom is -0.494 e. The summed E-state index contributed by atoms with van der Waals surface area (Å²) in [7, 11) is 3.04. The lowest BCUT2D eigenvalue weighted by atomic mass is 10.0. The highest BCUT2D eigenvalue weighted by Crippen LogP contribution is 2.32. The Hall–Kier alpha value is -1.20. The molecule has 1 aromatic heterocycles. The first-order valence-electron chi connectivity index (χ1n) is 5.01. The van der Waals surface area contributed by atoms with Gasteiger partial charge in [0.05, 0.1) is 19.4 Å². The normalized spacial score (nSPS) is 12.6. The van der Waals surface area contributed by atoms with Crippen LogP contribution in [0.4, 0.5) is 4.39 Å². The second-order valence-electron chi connectivity index (χ2n) is 3.45. The van der Waals surface area contributed by atoms with Crippen LogP contribution >= 0.6 is 0 Å². The molecule has 0 bridgehead atoms. The molecule has 1 unspecified atom stereocenters. The molecule has 1 aromatic rings. The molecular formula is C11H17FN2O2. The molecule has 0 aliphatic heterocycles. The maximum absolute atomic E-state index is 13.8. The van der Waals surface area contributed by atoms with Crippen LogP contribution in [0.2, 0.25) is 0 Å². The van der Waals surface area contributed by atoms with E-state index in [4.69, 9.17) is 15.2 Å². The number of pyridine rings is 1. The quantitative estimate of drug-likeness (QED) is 0.830. The summed E-state index contributed by atoms with van der Waals surface area (Å²) in [5.74, 6) is 0.451. The number of nitrogens with two attached hydrogens (primary N) is 1. The van der Waals surface area contributed by atoms with Crippen molar-refractivity contribution in [2.75, 3.05) is 20.8 Å². The van der Waals surface area contributed by atoms with Gasteiger partial charge in [-0.05, 0) is 6.92 Å². The van der Waals surface area contributed by atoms with Crippen molar-refractivity contribution < 1.29 is 13.9 Å². The van der Waals surface area contributed by atoms with E-state index in [0.717, 1.165) is 0 Å². The number of methoxy groups -OCH3 is 2. The summed E-state index contributed by atoms with van der Waals surface area (Å²) in [5, 5.41) is 0. The highest BCUT2D eigenvalue weighted by atomic mass is 19.1. The van der Waals surface area contributed by atoms with Crippen molar-refractivity contribution >= 4 is 0 Å². The maximum Gasteiger partial charge on any atom is 0.146 e. The van der Waals surface area contributed by atoms with Gasteiger partial charge in [0, 0.05) is 31.0 Å². The number of ether oxygens (including phenoxy) is 2. The van der Waals surface area contributed by atoms with Crippen LogP contribution in [-0.4, -0.2) is 25.7 Å². The topological polar surface area (TPSA) is 57.4 Å². The van der Waals surface area contributed by atoms with E-state index in [-0.39, 0.29) is 6.54 Å². The first-order chi connectivity index (χ1) is 7.65. The minimum atomic E-state index is -1.26. The van der Waals surface area contributed by atoms with Gasteiger partial charge in [0.2, 0.25) is 0 Å². The fraction of sp³-hybridized carbons (Fsp3) is 0.545. The zero-order chi connectivity index (χ0) is 12.1. The maximum atomic E-state index is 13.8. The van der Waals surface area contributed by atoms with Crippen LogP contribution < -0.4 is 10.5 Å². The van der Waals surface area contributed by atoms with E-state index in [2.05, 4.69) is 4.98 Å². The Morgan fingerprint density at radius 2 is 2.19 bits per heavy atom. The molecule has 0 saturated heterocycles. The first-order valence-corrected chi connectivity index (χ1v) is 5.01. The average Bonchev–Trinajstić information content (AvgIpc) is 2.30. The molecule has 1 rings (SSSR count). The van der Waals surface area contributed by atoms with E-state index in [9.17, 15) is 4.39 Å². The van der Waals surface area contributed by atoms with E-state index in [1.54, 1.807) is 20.2 Å². The second-order valence-corrected chi connectivity index (χ2v) is 3.45. The van der Waals surface area contributed by atoms with Crippen molar-refractivity contribution in [1.29, 1.82) is 0 Å². The lowest BCUT2D eigenvalue weighted by Gasteiger charge is -2.17. The van der Waals surface area contributed by atoms with Gasteiger partial charge in [-0.1, -0.05) is 0 Å². The average molecular weight is 228 g/mol. The van der Waals surface area contributed by atoms with Crippen molar-refractivity contribution in [3.63, 3.8) is 0 Å². The third-order valence-corrected chi connectivity index (χ3v) is 2.36. The molecule has 16 heavy (non-hydrogen) atoms.